The Bertz CT molecular complexity index is 403. The average molecular weight is 323 g/mol. The first-order chi connectivity index (χ1) is 11.1. The fourth-order valence-corrected chi connectivity index (χ4v) is 4.73. The molecule has 2 unspecified atom stereocenters. The zero-order valence-corrected chi connectivity index (χ0v) is 14.6. The van der Waals surface area contributed by atoms with Gasteiger partial charge in [0.15, 0.2) is 0 Å². The number of hydrogen-bond acceptors (Lipinski definition) is 4. The number of rotatable bonds is 4. The molecule has 2 aliphatic heterocycles. The summed E-state index contributed by atoms with van der Waals surface area (Å²) < 4.78 is 5.46. The van der Waals surface area contributed by atoms with E-state index in [1.54, 1.807) is 0 Å². The molecular weight excluding hydrogens is 290 g/mol. The van der Waals surface area contributed by atoms with E-state index in [0.717, 1.165) is 52.2 Å². The molecule has 0 radical (unpaired) electrons. The van der Waals surface area contributed by atoms with Crippen molar-refractivity contribution in [3.63, 3.8) is 0 Å². The van der Waals surface area contributed by atoms with Crippen molar-refractivity contribution in [1.29, 1.82) is 0 Å². The Morgan fingerprint density at radius 3 is 2.52 bits per heavy atom. The monoisotopic (exact) mass is 323 g/mol. The smallest absolute Gasteiger partial charge is 0.223 e. The molecule has 3 rings (SSSR count). The highest BCUT2D eigenvalue weighted by Gasteiger charge is 2.40. The molecule has 3 aliphatic rings. The van der Waals surface area contributed by atoms with Gasteiger partial charge in [0.1, 0.15) is 0 Å². The average Bonchev–Trinajstić information content (AvgIpc) is 2.98. The van der Waals surface area contributed by atoms with Crippen molar-refractivity contribution in [3.05, 3.63) is 0 Å². The highest BCUT2D eigenvalue weighted by Crippen LogP contribution is 2.39. The molecule has 23 heavy (non-hydrogen) atoms. The van der Waals surface area contributed by atoms with Gasteiger partial charge in [0.25, 0.3) is 0 Å². The molecule has 0 bridgehead atoms. The molecule has 3 fully saturated rings. The van der Waals surface area contributed by atoms with E-state index in [-0.39, 0.29) is 5.41 Å². The summed E-state index contributed by atoms with van der Waals surface area (Å²) in [5, 5.41) is 0. The summed E-state index contributed by atoms with van der Waals surface area (Å²) in [6.45, 7) is 8.40. The third-order valence-corrected chi connectivity index (χ3v) is 6.31. The number of nitrogens with zero attached hydrogens (tertiary/aromatic N) is 2. The van der Waals surface area contributed by atoms with E-state index in [1.165, 1.54) is 19.3 Å². The summed E-state index contributed by atoms with van der Waals surface area (Å²) in [5.74, 6) is 0.886. The van der Waals surface area contributed by atoms with Gasteiger partial charge in [-0.1, -0.05) is 26.2 Å². The van der Waals surface area contributed by atoms with Crippen LogP contribution in [0.1, 0.15) is 45.4 Å². The zero-order chi connectivity index (χ0) is 16.3. The van der Waals surface area contributed by atoms with Crippen LogP contribution in [0.25, 0.3) is 0 Å². The van der Waals surface area contributed by atoms with Crippen LogP contribution in [0.15, 0.2) is 0 Å². The van der Waals surface area contributed by atoms with E-state index in [1.807, 2.05) is 0 Å². The fraction of sp³-hybridized carbons (Fsp3) is 0.944. The molecule has 2 N–H and O–H groups in total. The molecule has 1 aliphatic carbocycles. The number of nitrogens with two attached hydrogens (primary N) is 1. The van der Waals surface area contributed by atoms with Crippen LogP contribution in [0.5, 0.6) is 0 Å². The quantitative estimate of drug-likeness (QED) is 0.851. The van der Waals surface area contributed by atoms with Gasteiger partial charge in [0, 0.05) is 38.6 Å². The van der Waals surface area contributed by atoms with Gasteiger partial charge in [-0.25, -0.2) is 0 Å². The van der Waals surface area contributed by atoms with Crippen molar-refractivity contribution in [1.82, 2.24) is 9.80 Å². The standard InChI is InChI=1S/C18H33N3O2/c1-15-12-21(13-16(15)20-7-9-23-10-8-20)17(22)11-18(14-19)5-3-2-4-6-18/h15-16H,2-14,19H2,1H3. The van der Waals surface area contributed by atoms with Crippen molar-refractivity contribution in [3.8, 4) is 0 Å². The lowest BCUT2D eigenvalue weighted by Crippen LogP contribution is -2.47. The first-order valence-electron chi connectivity index (χ1n) is 9.43. The van der Waals surface area contributed by atoms with E-state index in [9.17, 15) is 4.79 Å². The lowest BCUT2D eigenvalue weighted by Gasteiger charge is -2.37. The minimum absolute atomic E-state index is 0.0790. The molecule has 0 aromatic rings. The normalized spacial score (nSPS) is 32.2. The third-order valence-electron chi connectivity index (χ3n) is 6.31. The molecule has 5 nitrogen and oxygen atoms in total. The number of hydrogen-bond donors (Lipinski definition) is 1. The first kappa shape index (κ1) is 17.2. The molecule has 0 aromatic heterocycles. The Hall–Kier alpha value is -0.650. The van der Waals surface area contributed by atoms with Gasteiger partial charge in [-0.2, -0.15) is 0 Å². The summed E-state index contributed by atoms with van der Waals surface area (Å²) in [6, 6.07) is 0.503. The highest BCUT2D eigenvalue weighted by molar-refractivity contribution is 5.77. The minimum atomic E-state index is 0.0790. The Labute approximate surface area is 140 Å². The molecule has 2 saturated heterocycles. The second-order valence-corrected chi connectivity index (χ2v) is 7.93. The SMILES string of the molecule is CC1CN(C(=O)CC2(CN)CCCCC2)CC1N1CCOCC1. The zero-order valence-electron chi connectivity index (χ0n) is 14.6. The molecule has 132 valence electrons. The van der Waals surface area contributed by atoms with Crippen LogP contribution in [0, 0.1) is 11.3 Å². The van der Waals surface area contributed by atoms with Crippen LogP contribution in [0.2, 0.25) is 0 Å². The van der Waals surface area contributed by atoms with E-state index in [4.69, 9.17) is 10.5 Å². The van der Waals surface area contributed by atoms with Crippen molar-refractivity contribution in [2.24, 2.45) is 17.1 Å². The number of carbonyl (C=O) groups is 1. The molecule has 5 heteroatoms. The van der Waals surface area contributed by atoms with E-state index in [0.29, 0.717) is 30.8 Å². The van der Waals surface area contributed by atoms with E-state index >= 15 is 0 Å². The van der Waals surface area contributed by atoms with Gasteiger partial charge in [-0.15, -0.1) is 0 Å². The van der Waals surface area contributed by atoms with Gasteiger partial charge in [-0.05, 0) is 30.7 Å². The second-order valence-electron chi connectivity index (χ2n) is 7.93. The number of carbonyl (C=O) groups excluding carboxylic acids is 1. The van der Waals surface area contributed by atoms with Crippen molar-refractivity contribution >= 4 is 5.91 Å². The molecule has 2 heterocycles. The molecule has 2 atom stereocenters. The largest absolute Gasteiger partial charge is 0.379 e. The molecular formula is C18H33N3O2. The first-order valence-corrected chi connectivity index (χ1v) is 9.43. The van der Waals surface area contributed by atoms with Gasteiger partial charge in [0.05, 0.1) is 13.2 Å². The minimum Gasteiger partial charge on any atom is -0.379 e. The molecule has 0 aromatic carbocycles. The number of morpholine rings is 1. The van der Waals surface area contributed by atoms with Gasteiger partial charge in [-0.3, -0.25) is 9.69 Å². The Kier molecular flexibility index (Phi) is 5.60. The Morgan fingerprint density at radius 1 is 1.17 bits per heavy atom. The predicted molar refractivity (Wildman–Crippen MR) is 91.1 cm³/mol. The highest BCUT2D eigenvalue weighted by atomic mass is 16.5. The van der Waals surface area contributed by atoms with Crippen molar-refractivity contribution in [2.45, 2.75) is 51.5 Å². The Morgan fingerprint density at radius 2 is 1.87 bits per heavy atom. The van der Waals surface area contributed by atoms with Crippen molar-refractivity contribution < 1.29 is 9.53 Å². The summed E-state index contributed by atoms with van der Waals surface area (Å²) in [6.07, 6.45) is 6.69. The van der Waals surface area contributed by atoms with Crippen LogP contribution < -0.4 is 5.73 Å². The molecule has 0 spiro atoms. The Balaban J connectivity index is 1.57. The van der Waals surface area contributed by atoms with Crippen LogP contribution in [0.3, 0.4) is 0 Å². The van der Waals surface area contributed by atoms with Crippen LogP contribution in [0.4, 0.5) is 0 Å². The summed E-state index contributed by atoms with van der Waals surface area (Å²) in [4.78, 5) is 17.5. The van der Waals surface area contributed by atoms with Crippen LogP contribution in [-0.4, -0.2) is 67.7 Å². The number of amides is 1. The lowest BCUT2D eigenvalue weighted by molar-refractivity contribution is -0.133. The lowest BCUT2D eigenvalue weighted by atomic mass is 9.71. The third kappa shape index (κ3) is 3.89. The maximum absolute atomic E-state index is 12.9. The fourth-order valence-electron chi connectivity index (χ4n) is 4.73. The van der Waals surface area contributed by atoms with Gasteiger partial charge < -0.3 is 15.4 Å². The maximum atomic E-state index is 12.9. The van der Waals surface area contributed by atoms with E-state index in [2.05, 4.69) is 16.7 Å². The summed E-state index contributed by atoms with van der Waals surface area (Å²) in [5.41, 5.74) is 6.14. The topological polar surface area (TPSA) is 58.8 Å². The predicted octanol–water partition coefficient (Wildman–Crippen LogP) is 1.46. The number of likely N-dealkylation sites (tertiary alicyclic amines) is 1. The maximum Gasteiger partial charge on any atom is 0.223 e. The van der Waals surface area contributed by atoms with Crippen LogP contribution >= 0.6 is 0 Å². The van der Waals surface area contributed by atoms with E-state index < -0.39 is 0 Å². The van der Waals surface area contributed by atoms with Crippen LogP contribution in [-0.2, 0) is 9.53 Å². The van der Waals surface area contributed by atoms with Gasteiger partial charge >= 0.3 is 0 Å². The van der Waals surface area contributed by atoms with Crippen molar-refractivity contribution in [2.75, 3.05) is 45.9 Å². The van der Waals surface area contributed by atoms with Gasteiger partial charge in [0.2, 0.25) is 5.91 Å². The second kappa shape index (κ2) is 7.49. The molecule has 1 amide bonds. The summed E-state index contributed by atoms with van der Waals surface area (Å²) >= 11 is 0. The number of ether oxygens (including phenoxy) is 1. The molecule has 1 saturated carbocycles. The summed E-state index contributed by atoms with van der Waals surface area (Å²) in [7, 11) is 0.